The second-order valence-electron chi connectivity index (χ2n) is 4.57. The number of aliphatic hydroxyl groups is 1. The van der Waals surface area contributed by atoms with Crippen LogP contribution in [0, 0.1) is 0 Å². The van der Waals surface area contributed by atoms with Gasteiger partial charge in [-0.3, -0.25) is 4.98 Å². The Balaban J connectivity index is 1.99. The molecule has 0 saturated carbocycles. The fourth-order valence-corrected chi connectivity index (χ4v) is 2.43. The second kappa shape index (κ2) is 7.04. The average Bonchev–Trinajstić information content (AvgIpc) is 2.48. The van der Waals surface area contributed by atoms with E-state index in [0.717, 1.165) is 11.1 Å². The topological polar surface area (TPSA) is 45.1 Å². The minimum atomic E-state index is -0.585. The van der Waals surface area contributed by atoms with Crippen molar-refractivity contribution in [2.24, 2.45) is 0 Å². The molecule has 0 fully saturated rings. The van der Waals surface area contributed by atoms with Gasteiger partial charge in [0.15, 0.2) is 0 Å². The molecule has 5 heteroatoms. The van der Waals surface area contributed by atoms with Crippen LogP contribution in [-0.4, -0.2) is 16.6 Å². The fraction of sp³-hybridized carbons (Fsp3) is 0.267. The Hall–Kier alpha value is -1.13. The summed E-state index contributed by atoms with van der Waals surface area (Å²) < 4.78 is 0. The normalized spacial score (nSPS) is 14.0. The molecule has 2 atom stereocenters. The molecule has 2 N–H and O–H groups in total. The number of aromatic nitrogens is 1. The molecule has 1 heterocycles. The van der Waals surface area contributed by atoms with E-state index in [1.807, 2.05) is 19.1 Å². The maximum Gasteiger partial charge on any atom is 0.0915 e. The molecule has 0 aliphatic carbocycles. The van der Waals surface area contributed by atoms with Crippen molar-refractivity contribution in [2.75, 3.05) is 6.54 Å². The monoisotopic (exact) mass is 310 g/mol. The summed E-state index contributed by atoms with van der Waals surface area (Å²) in [6.07, 6.45) is 2.74. The lowest BCUT2D eigenvalue weighted by molar-refractivity contribution is 0.170. The lowest BCUT2D eigenvalue weighted by Gasteiger charge is -2.19. The van der Waals surface area contributed by atoms with Gasteiger partial charge in [-0.25, -0.2) is 0 Å². The molecule has 3 nitrogen and oxygen atoms in total. The van der Waals surface area contributed by atoms with Crippen LogP contribution in [0.15, 0.2) is 42.7 Å². The first-order chi connectivity index (χ1) is 9.59. The standard InChI is InChI=1S/C15H16Cl2N2O/c1-10(12-3-2-4-13(16)15(12)17)19-9-14(20)11-5-7-18-8-6-11/h2-8,10,14,19-20H,9H2,1H3. The highest BCUT2D eigenvalue weighted by Crippen LogP contribution is 2.29. The number of benzene rings is 1. The van der Waals surface area contributed by atoms with E-state index in [2.05, 4.69) is 10.3 Å². The van der Waals surface area contributed by atoms with Crippen molar-refractivity contribution in [2.45, 2.75) is 19.1 Å². The predicted octanol–water partition coefficient (Wildman–Crippen LogP) is 3.77. The quantitative estimate of drug-likeness (QED) is 0.883. The summed E-state index contributed by atoms with van der Waals surface area (Å²) in [7, 11) is 0. The predicted molar refractivity (Wildman–Crippen MR) is 82.1 cm³/mol. The Morgan fingerprint density at radius 1 is 1.20 bits per heavy atom. The summed E-state index contributed by atoms with van der Waals surface area (Å²) in [6.45, 7) is 2.41. The second-order valence-corrected chi connectivity index (χ2v) is 5.35. The van der Waals surface area contributed by atoms with Crippen LogP contribution in [0.2, 0.25) is 10.0 Å². The van der Waals surface area contributed by atoms with Gasteiger partial charge in [0.1, 0.15) is 0 Å². The maximum atomic E-state index is 10.1. The van der Waals surface area contributed by atoms with Crippen LogP contribution >= 0.6 is 23.2 Å². The van der Waals surface area contributed by atoms with Crippen molar-refractivity contribution in [3.63, 3.8) is 0 Å². The summed E-state index contributed by atoms with van der Waals surface area (Å²) >= 11 is 12.2. The van der Waals surface area contributed by atoms with Crippen LogP contribution in [0.25, 0.3) is 0 Å². The Morgan fingerprint density at radius 2 is 1.90 bits per heavy atom. The molecule has 20 heavy (non-hydrogen) atoms. The minimum absolute atomic E-state index is 0.00214. The first-order valence-electron chi connectivity index (χ1n) is 6.35. The molecule has 0 radical (unpaired) electrons. The van der Waals surface area contributed by atoms with E-state index in [1.54, 1.807) is 30.6 Å². The molecule has 0 bridgehead atoms. The van der Waals surface area contributed by atoms with Gasteiger partial charge >= 0.3 is 0 Å². The van der Waals surface area contributed by atoms with Crippen LogP contribution in [0.4, 0.5) is 0 Å². The maximum absolute atomic E-state index is 10.1. The minimum Gasteiger partial charge on any atom is -0.387 e. The number of nitrogens with one attached hydrogen (secondary N) is 1. The number of aliphatic hydroxyl groups excluding tert-OH is 1. The number of hydrogen-bond acceptors (Lipinski definition) is 3. The van der Waals surface area contributed by atoms with E-state index in [9.17, 15) is 5.11 Å². The zero-order valence-electron chi connectivity index (χ0n) is 11.1. The van der Waals surface area contributed by atoms with Gasteiger partial charge in [0.05, 0.1) is 16.1 Å². The van der Waals surface area contributed by atoms with Crippen molar-refractivity contribution in [3.05, 3.63) is 63.9 Å². The lowest BCUT2D eigenvalue weighted by atomic mass is 10.1. The number of rotatable bonds is 5. The summed E-state index contributed by atoms with van der Waals surface area (Å²) in [4.78, 5) is 3.93. The smallest absolute Gasteiger partial charge is 0.0915 e. The molecule has 0 aliphatic heterocycles. The van der Waals surface area contributed by atoms with Gasteiger partial charge in [0.2, 0.25) is 0 Å². The number of hydrogen-bond donors (Lipinski definition) is 2. The molecule has 2 rings (SSSR count). The van der Waals surface area contributed by atoms with Crippen LogP contribution in [0.1, 0.15) is 30.2 Å². The van der Waals surface area contributed by atoms with Gasteiger partial charge in [-0.15, -0.1) is 0 Å². The Morgan fingerprint density at radius 3 is 2.60 bits per heavy atom. The number of nitrogens with zero attached hydrogens (tertiary/aromatic N) is 1. The molecule has 1 aromatic heterocycles. The lowest BCUT2D eigenvalue weighted by Crippen LogP contribution is -2.25. The Bertz CT molecular complexity index is 563. The van der Waals surface area contributed by atoms with E-state index in [4.69, 9.17) is 23.2 Å². The first kappa shape index (κ1) is 15.3. The van der Waals surface area contributed by atoms with Gasteiger partial charge in [-0.05, 0) is 36.2 Å². The van der Waals surface area contributed by atoms with Gasteiger partial charge < -0.3 is 10.4 Å². The summed E-state index contributed by atoms with van der Waals surface area (Å²) in [5.41, 5.74) is 1.75. The highest BCUT2D eigenvalue weighted by Gasteiger charge is 2.14. The third kappa shape index (κ3) is 3.70. The highest BCUT2D eigenvalue weighted by atomic mass is 35.5. The molecule has 0 amide bonds. The van der Waals surface area contributed by atoms with Gasteiger partial charge in [0, 0.05) is 25.0 Å². The van der Waals surface area contributed by atoms with Crippen molar-refractivity contribution in [3.8, 4) is 0 Å². The van der Waals surface area contributed by atoms with Gasteiger partial charge in [-0.2, -0.15) is 0 Å². The third-order valence-corrected chi connectivity index (χ3v) is 3.99. The number of halogens is 2. The molecular weight excluding hydrogens is 295 g/mol. The zero-order chi connectivity index (χ0) is 14.5. The van der Waals surface area contributed by atoms with Crippen LogP contribution in [0.5, 0.6) is 0 Å². The van der Waals surface area contributed by atoms with E-state index in [0.29, 0.717) is 16.6 Å². The third-order valence-electron chi connectivity index (χ3n) is 3.16. The van der Waals surface area contributed by atoms with E-state index in [1.165, 1.54) is 0 Å². The van der Waals surface area contributed by atoms with E-state index >= 15 is 0 Å². The van der Waals surface area contributed by atoms with Crippen molar-refractivity contribution >= 4 is 23.2 Å². The molecular formula is C15H16Cl2N2O. The molecule has 0 aliphatic rings. The molecule has 0 spiro atoms. The Kier molecular flexibility index (Phi) is 5.38. The van der Waals surface area contributed by atoms with E-state index < -0.39 is 6.10 Å². The largest absolute Gasteiger partial charge is 0.387 e. The van der Waals surface area contributed by atoms with Crippen LogP contribution < -0.4 is 5.32 Å². The number of pyridine rings is 1. The molecule has 2 unspecified atom stereocenters. The summed E-state index contributed by atoms with van der Waals surface area (Å²) in [6, 6.07) is 9.13. The first-order valence-corrected chi connectivity index (χ1v) is 7.10. The van der Waals surface area contributed by atoms with Crippen molar-refractivity contribution in [1.82, 2.24) is 10.3 Å². The SMILES string of the molecule is CC(NCC(O)c1ccncc1)c1cccc(Cl)c1Cl. The molecule has 1 aromatic carbocycles. The summed E-state index contributed by atoms with van der Waals surface area (Å²) in [5.74, 6) is 0. The van der Waals surface area contributed by atoms with E-state index in [-0.39, 0.29) is 6.04 Å². The summed E-state index contributed by atoms with van der Waals surface area (Å²) in [5, 5.41) is 14.4. The molecule has 2 aromatic rings. The van der Waals surface area contributed by atoms with Gasteiger partial charge in [0.25, 0.3) is 0 Å². The van der Waals surface area contributed by atoms with Gasteiger partial charge in [-0.1, -0.05) is 35.3 Å². The van der Waals surface area contributed by atoms with Crippen molar-refractivity contribution in [1.29, 1.82) is 0 Å². The van der Waals surface area contributed by atoms with Crippen molar-refractivity contribution < 1.29 is 5.11 Å². The highest BCUT2D eigenvalue weighted by molar-refractivity contribution is 6.42. The van der Waals surface area contributed by atoms with Crippen LogP contribution in [-0.2, 0) is 0 Å². The Labute approximate surface area is 128 Å². The average molecular weight is 311 g/mol. The molecule has 106 valence electrons. The van der Waals surface area contributed by atoms with Crippen LogP contribution in [0.3, 0.4) is 0 Å². The fourth-order valence-electron chi connectivity index (χ4n) is 1.96. The zero-order valence-corrected chi connectivity index (χ0v) is 12.6. The molecule has 0 saturated heterocycles.